The van der Waals surface area contributed by atoms with Crippen LogP contribution in [-0.2, 0) is 6.54 Å². The lowest BCUT2D eigenvalue weighted by Crippen LogP contribution is -2.50. The van der Waals surface area contributed by atoms with Gasteiger partial charge in [-0.2, -0.15) is 0 Å². The summed E-state index contributed by atoms with van der Waals surface area (Å²) in [5.41, 5.74) is 0.985. The summed E-state index contributed by atoms with van der Waals surface area (Å²) in [6.07, 6.45) is 0.636. The third kappa shape index (κ3) is 3.32. The molecule has 5 heteroatoms. The number of nitrogens with one attached hydrogen (secondary N) is 1. The number of nitrogens with zero attached hydrogens (tertiary/aromatic N) is 1. The highest BCUT2D eigenvalue weighted by Crippen LogP contribution is 2.23. The molecule has 5 nitrogen and oxygen atoms in total. The maximum atomic E-state index is 9.45. The van der Waals surface area contributed by atoms with Gasteiger partial charge in [0.2, 0.25) is 0 Å². The number of ether oxygens (including phenoxy) is 1. The number of hydrogen-bond acceptors (Lipinski definition) is 5. The number of fused-ring (bicyclic) bond motifs is 1. The van der Waals surface area contributed by atoms with E-state index in [4.69, 9.17) is 4.74 Å². The van der Waals surface area contributed by atoms with Crippen LogP contribution in [-0.4, -0.2) is 41.1 Å². The molecule has 2 aromatic rings. The summed E-state index contributed by atoms with van der Waals surface area (Å²) in [5, 5.41) is 23.1. The van der Waals surface area contributed by atoms with Crippen molar-refractivity contribution in [2.45, 2.75) is 25.4 Å². The highest BCUT2D eigenvalue weighted by atomic mass is 16.5. The van der Waals surface area contributed by atoms with E-state index in [-0.39, 0.29) is 13.2 Å². The molecular weight excluding hydrogens is 268 g/mol. The van der Waals surface area contributed by atoms with E-state index in [9.17, 15) is 10.2 Å². The summed E-state index contributed by atoms with van der Waals surface area (Å²) >= 11 is 0. The van der Waals surface area contributed by atoms with Crippen LogP contribution in [0.1, 0.15) is 19.0 Å². The Kier molecular flexibility index (Phi) is 5.12. The topological polar surface area (TPSA) is 74.6 Å². The van der Waals surface area contributed by atoms with E-state index in [0.29, 0.717) is 13.0 Å². The Hall–Kier alpha value is -1.69. The van der Waals surface area contributed by atoms with Gasteiger partial charge < -0.3 is 20.3 Å². The van der Waals surface area contributed by atoms with Crippen molar-refractivity contribution < 1.29 is 14.9 Å². The van der Waals surface area contributed by atoms with Crippen molar-refractivity contribution >= 4 is 10.9 Å². The Balaban J connectivity index is 2.23. The fraction of sp³-hybridized carbons (Fsp3) is 0.438. The standard InChI is InChI=1S/C16H22N2O3/c1-3-16(10-19,11-20)17-9-13-8-7-12-5-4-6-14(21-2)15(12)18-13/h4-8,17,19-20H,3,9-11H2,1-2H3. The molecule has 0 unspecified atom stereocenters. The van der Waals surface area contributed by atoms with E-state index >= 15 is 0 Å². The largest absolute Gasteiger partial charge is 0.494 e. The summed E-state index contributed by atoms with van der Waals surface area (Å²) in [7, 11) is 1.63. The van der Waals surface area contributed by atoms with Gasteiger partial charge in [0.15, 0.2) is 0 Å². The average molecular weight is 290 g/mol. The average Bonchev–Trinajstić information content (AvgIpc) is 2.56. The van der Waals surface area contributed by atoms with Crippen LogP contribution in [0.5, 0.6) is 5.75 Å². The molecule has 1 aromatic heterocycles. The van der Waals surface area contributed by atoms with Gasteiger partial charge in [-0.15, -0.1) is 0 Å². The van der Waals surface area contributed by atoms with Crippen molar-refractivity contribution in [3.8, 4) is 5.75 Å². The maximum Gasteiger partial charge on any atom is 0.145 e. The van der Waals surface area contributed by atoms with Gasteiger partial charge in [-0.3, -0.25) is 0 Å². The second kappa shape index (κ2) is 6.85. The molecule has 1 aromatic carbocycles. The molecule has 3 N–H and O–H groups in total. The van der Waals surface area contributed by atoms with E-state index in [2.05, 4.69) is 10.3 Å². The smallest absolute Gasteiger partial charge is 0.145 e. The Bertz CT molecular complexity index is 589. The summed E-state index contributed by atoms with van der Waals surface area (Å²) in [6, 6.07) is 9.72. The van der Waals surface area contributed by atoms with Crippen LogP contribution in [0.4, 0.5) is 0 Å². The maximum absolute atomic E-state index is 9.45. The molecule has 0 saturated carbocycles. The Labute approximate surface area is 124 Å². The van der Waals surface area contributed by atoms with Crippen LogP contribution in [0.25, 0.3) is 10.9 Å². The molecule has 0 aliphatic heterocycles. The number of aliphatic hydroxyl groups is 2. The molecule has 0 saturated heterocycles. The van der Waals surface area contributed by atoms with E-state index in [0.717, 1.165) is 22.3 Å². The third-order valence-corrected chi connectivity index (χ3v) is 3.89. The number of methoxy groups -OCH3 is 1. The molecule has 0 aliphatic rings. The van der Waals surface area contributed by atoms with Gasteiger partial charge in [0.1, 0.15) is 11.3 Å². The van der Waals surface area contributed by atoms with Crippen LogP contribution < -0.4 is 10.1 Å². The highest BCUT2D eigenvalue weighted by Gasteiger charge is 2.25. The van der Waals surface area contributed by atoms with E-state index in [1.54, 1.807) is 7.11 Å². The quantitative estimate of drug-likeness (QED) is 0.720. The number of hydrogen-bond donors (Lipinski definition) is 3. The van der Waals surface area contributed by atoms with Crippen LogP contribution in [0, 0.1) is 0 Å². The predicted molar refractivity (Wildman–Crippen MR) is 82.3 cm³/mol. The highest BCUT2D eigenvalue weighted by molar-refractivity contribution is 5.84. The normalized spacial score (nSPS) is 11.8. The molecule has 0 fully saturated rings. The fourth-order valence-corrected chi connectivity index (χ4v) is 2.21. The SMILES string of the molecule is CCC(CO)(CO)NCc1ccc2cccc(OC)c2n1. The second-order valence-electron chi connectivity index (χ2n) is 5.14. The lowest BCUT2D eigenvalue weighted by molar-refractivity contribution is 0.0861. The van der Waals surface area contributed by atoms with Crippen molar-refractivity contribution in [2.24, 2.45) is 0 Å². The molecular formula is C16H22N2O3. The first-order valence-electron chi connectivity index (χ1n) is 7.07. The predicted octanol–water partition coefficient (Wildman–Crippen LogP) is 1.47. The molecule has 21 heavy (non-hydrogen) atoms. The third-order valence-electron chi connectivity index (χ3n) is 3.89. The summed E-state index contributed by atoms with van der Waals surface area (Å²) in [6.45, 7) is 2.17. The van der Waals surface area contributed by atoms with Crippen LogP contribution >= 0.6 is 0 Å². The second-order valence-corrected chi connectivity index (χ2v) is 5.14. The number of rotatable bonds is 7. The first kappa shape index (κ1) is 15.7. The van der Waals surface area contributed by atoms with Crippen LogP contribution in [0.3, 0.4) is 0 Å². The van der Waals surface area contributed by atoms with Gasteiger partial charge in [-0.25, -0.2) is 4.98 Å². The minimum absolute atomic E-state index is 0.114. The summed E-state index contributed by atoms with van der Waals surface area (Å²) in [5.74, 6) is 0.737. The lowest BCUT2D eigenvalue weighted by Gasteiger charge is -2.29. The minimum atomic E-state index is -0.669. The molecule has 0 radical (unpaired) electrons. The van der Waals surface area contributed by atoms with Crippen LogP contribution in [0.15, 0.2) is 30.3 Å². The monoisotopic (exact) mass is 290 g/mol. The zero-order valence-corrected chi connectivity index (χ0v) is 12.5. The minimum Gasteiger partial charge on any atom is -0.494 e. The number of para-hydroxylation sites is 1. The molecule has 0 aliphatic carbocycles. The van der Waals surface area contributed by atoms with Gasteiger partial charge in [0.05, 0.1) is 31.6 Å². The molecule has 114 valence electrons. The zero-order valence-electron chi connectivity index (χ0n) is 12.5. The number of aliphatic hydroxyl groups excluding tert-OH is 2. The Morgan fingerprint density at radius 1 is 1.19 bits per heavy atom. The van der Waals surface area contributed by atoms with Crippen molar-refractivity contribution in [1.29, 1.82) is 0 Å². The fourth-order valence-electron chi connectivity index (χ4n) is 2.21. The zero-order chi connectivity index (χ0) is 15.3. The molecule has 0 bridgehead atoms. The van der Waals surface area contributed by atoms with Gasteiger partial charge >= 0.3 is 0 Å². The van der Waals surface area contributed by atoms with Crippen molar-refractivity contribution in [3.05, 3.63) is 36.0 Å². The van der Waals surface area contributed by atoms with Crippen LogP contribution in [0.2, 0.25) is 0 Å². The number of aromatic nitrogens is 1. The van der Waals surface area contributed by atoms with E-state index < -0.39 is 5.54 Å². The number of pyridine rings is 1. The first-order valence-corrected chi connectivity index (χ1v) is 7.07. The molecule has 0 amide bonds. The first-order chi connectivity index (χ1) is 10.2. The van der Waals surface area contributed by atoms with Gasteiger partial charge in [0, 0.05) is 11.9 Å². The van der Waals surface area contributed by atoms with Gasteiger partial charge in [0.25, 0.3) is 0 Å². The molecule has 2 rings (SSSR count). The lowest BCUT2D eigenvalue weighted by atomic mass is 9.98. The number of benzene rings is 1. The summed E-state index contributed by atoms with van der Waals surface area (Å²) in [4.78, 5) is 4.60. The summed E-state index contributed by atoms with van der Waals surface area (Å²) < 4.78 is 5.33. The Morgan fingerprint density at radius 2 is 1.95 bits per heavy atom. The van der Waals surface area contributed by atoms with E-state index in [1.807, 2.05) is 37.3 Å². The Morgan fingerprint density at radius 3 is 2.57 bits per heavy atom. The van der Waals surface area contributed by atoms with Crippen molar-refractivity contribution in [2.75, 3.05) is 20.3 Å². The molecule has 0 atom stereocenters. The van der Waals surface area contributed by atoms with Crippen molar-refractivity contribution in [3.63, 3.8) is 0 Å². The van der Waals surface area contributed by atoms with Gasteiger partial charge in [-0.05, 0) is 18.6 Å². The van der Waals surface area contributed by atoms with Gasteiger partial charge in [-0.1, -0.05) is 25.1 Å². The molecule has 0 spiro atoms. The molecule has 1 heterocycles. The van der Waals surface area contributed by atoms with Crippen molar-refractivity contribution in [1.82, 2.24) is 10.3 Å². The van der Waals surface area contributed by atoms with E-state index in [1.165, 1.54) is 0 Å².